The molecule has 0 bridgehead atoms. The van der Waals surface area contributed by atoms with Gasteiger partial charge in [-0.05, 0) is 32.6 Å². The van der Waals surface area contributed by atoms with Crippen LogP contribution in [0.1, 0.15) is 58.3 Å². The molecule has 0 aromatic rings. The number of rotatable bonds is 3. The zero-order valence-electron chi connectivity index (χ0n) is 11.4. The minimum Gasteiger partial charge on any atom is -0.376 e. The fourth-order valence-corrected chi connectivity index (χ4v) is 2.95. The van der Waals surface area contributed by atoms with E-state index in [0.29, 0.717) is 6.04 Å². The second-order valence-electron chi connectivity index (χ2n) is 5.65. The fraction of sp³-hybridized carbons (Fsp3) is 0.929. The van der Waals surface area contributed by atoms with Crippen molar-refractivity contribution in [2.24, 2.45) is 0 Å². The van der Waals surface area contributed by atoms with Gasteiger partial charge in [-0.1, -0.05) is 25.7 Å². The summed E-state index contributed by atoms with van der Waals surface area (Å²) in [5, 5.41) is 6.12. The van der Waals surface area contributed by atoms with Crippen LogP contribution < -0.4 is 10.6 Å². The van der Waals surface area contributed by atoms with Crippen LogP contribution in [0.2, 0.25) is 0 Å². The Kier molecular flexibility index (Phi) is 5.29. The van der Waals surface area contributed by atoms with Gasteiger partial charge in [-0.15, -0.1) is 0 Å². The minimum atomic E-state index is -0.0232. The number of carbonyl (C=O) groups excluding carboxylic acids is 1. The van der Waals surface area contributed by atoms with Crippen molar-refractivity contribution in [1.29, 1.82) is 0 Å². The maximum absolute atomic E-state index is 11.9. The predicted octanol–water partition coefficient (Wildman–Crippen LogP) is 2.58. The van der Waals surface area contributed by atoms with Crippen LogP contribution in [0.15, 0.2) is 0 Å². The number of hydrogen-bond acceptors (Lipinski definition) is 2. The van der Waals surface area contributed by atoms with Crippen molar-refractivity contribution < 1.29 is 9.53 Å². The lowest BCUT2D eigenvalue weighted by Crippen LogP contribution is -2.48. The van der Waals surface area contributed by atoms with Gasteiger partial charge in [0.25, 0.3) is 0 Å². The van der Waals surface area contributed by atoms with Crippen molar-refractivity contribution in [3.63, 3.8) is 0 Å². The van der Waals surface area contributed by atoms with Gasteiger partial charge in [0.1, 0.15) is 0 Å². The van der Waals surface area contributed by atoms with E-state index in [4.69, 9.17) is 4.74 Å². The van der Waals surface area contributed by atoms with E-state index in [0.717, 1.165) is 32.3 Å². The quantitative estimate of drug-likeness (QED) is 0.761. The van der Waals surface area contributed by atoms with Gasteiger partial charge in [-0.2, -0.15) is 0 Å². The van der Waals surface area contributed by atoms with Crippen LogP contribution in [0.25, 0.3) is 0 Å². The molecular formula is C14H26N2O2. The Bertz CT molecular complexity index is 251. The lowest BCUT2D eigenvalue weighted by Gasteiger charge is -2.22. The highest BCUT2D eigenvalue weighted by Gasteiger charge is 2.24. The molecule has 2 rings (SSSR count). The average molecular weight is 254 g/mol. The topological polar surface area (TPSA) is 50.4 Å². The molecule has 18 heavy (non-hydrogen) atoms. The molecule has 2 amide bonds. The van der Waals surface area contributed by atoms with Gasteiger partial charge in [-0.3, -0.25) is 0 Å². The molecule has 1 heterocycles. The molecule has 0 aromatic heterocycles. The molecule has 1 aliphatic carbocycles. The van der Waals surface area contributed by atoms with Crippen LogP contribution in [0, 0.1) is 0 Å². The number of carbonyl (C=O) groups is 1. The van der Waals surface area contributed by atoms with Crippen LogP contribution in [0.5, 0.6) is 0 Å². The summed E-state index contributed by atoms with van der Waals surface area (Å²) in [5.74, 6) is 0. The van der Waals surface area contributed by atoms with Crippen molar-refractivity contribution in [3.8, 4) is 0 Å². The monoisotopic (exact) mass is 254 g/mol. The van der Waals surface area contributed by atoms with Crippen LogP contribution in [-0.4, -0.2) is 30.8 Å². The summed E-state index contributed by atoms with van der Waals surface area (Å²) in [6.45, 7) is 2.86. The van der Waals surface area contributed by atoms with Crippen LogP contribution in [0.4, 0.5) is 4.79 Å². The number of urea groups is 1. The molecular weight excluding hydrogens is 228 g/mol. The van der Waals surface area contributed by atoms with Gasteiger partial charge in [0, 0.05) is 12.6 Å². The van der Waals surface area contributed by atoms with Gasteiger partial charge >= 0.3 is 6.03 Å². The first-order valence-electron chi connectivity index (χ1n) is 7.44. The number of hydrogen-bond donors (Lipinski definition) is 2. The van der Waals surface area contributed by atoms with Gasteiger partial charge in [-0.25, -0.2) is 4.79 Å². The summed E-state index contributed by atoms with van der Waals surface area (Å²) < 4.78 is 5.58. The van der Waals surface area contributed by atoms with Crippen molar-refractivity contribution in [2.45, 2.75) is 76.5 Å². The van der Waals surface area contributed by atoms with E-state index in [-0.39, 0.29) is 18.2 Å². The number of amides is 2. The molecule has 2 aliphatic rings. The second kappa shape index (κ2) is 6.98. The number of ether oxygens (including phenoxy) is 1. The van der Waals surface area contributed by atoms with Crippen LogP contribution in [-0.2, 0) is 4.74 Å². The van der Waals surface area contributed by atoms with Crippen molar-refractivity contribution in [1.82, 2.24) is 10.6 Å². The van der Waals surface area contributed by atoms with Crippen molar-refractivity contribution in [2.75, 3.05) is 6.61 Å². The molecule has 2 N–H and O–H groups in total. The molecule has 2 unspecified atom stereocenters. The van der Waals surface area contributed by atoms with Gasteiger partial charge in [0.2, 0.25) is 0 Å². The first kappa shape index (κ1) is 13.7. The summed E-state index contributed by atoms with van der Waals surface area (Å²) in [4.78, 5) is 11.9. The summed E-state index contributed by atoms with van der Waals surface area (Å²) in [7, 11) is 0. The third kappa shape index (κ3) is 4.16. The van der Waals surface area contributed by atoms with Gasteiger partial charge in [0.15, 0.2) is 0 Å². The minimum absolute atomic E-state index is 0.0232. The van der Waals surface area contributed by atoms with E-state index < -0.39 is 0 Å². The molecule has 4 heteroatoms. The highest BCUT2D eigenvalue weighted by molar-refractivity contribution is 5.74. The standard InChI is InChI=1S/C14H26N2O2/c1-11(13-9-6-10-18-13)15-14(17)16-12-7-4-2-3-5-8-12/h11-13H,2-10H2,1H3,(H2,15,16,17). The Morgan fingerprint density at radius 3 is 2.44 bits per heavy atom. The Morgan fingerprint density at radius 2 is 1.83 bits per heavy atom. The maximum Gasteiger partial charge on any atom is 0.315 e. The third-order valence-electron chi connectivity index (χ3n) is 4.07. The number of nitrogens with one attached hydrogen (secondary N) is 2. The summed E-state index contributed by atoms with van der Waals surface area (Å²) in [5.41, 5.74) is 0. The molecule has 2 atom stereocenters. The summed E-state index contributed by atoms with van der Waals surface area (Å²) in [6, 6.07) is 0.451. The lowest BCUT2D eigenvalue weighted by atomic mass is 10.1. The van der Waals surface area contributed by atoms with Crippen molar-refractivity contribution >= 4 is 6.03 Å². The van der Waals surface area contributed by atoms with Crippen LogP contribution >= 0.6 is 0 Å². The Morgan fingerprint density at radius 1 is 1.11 bits per heavy atom. The molecule has 2 fully saturated rings. The molecule has 1 saturated heterocycles. The molecule has 1 aliphatic heterocycles. The predicted molar refractivity (Wildman–Crippen MR) is 71.6 cm³/mol. The molecule has 0 spiro atoms. The fourth-order valence-electron chi connectivity index (χ4n) is 2.95. The smallest absolute Gasteiger partial charge is 0.315 e. The van der Waals surface area contributed by atoms with E-state index >= 15 is 0 Å². The van der Waals surface area contributed by atoms with E-state index in [9.17, 15) is 4.79 Å². The Labute approximate surface area is 110 Å². The maximum atomic E-state index is 11.9. The highest BCUT2D eigenvalue weighted by Crippen LogP contribution is 2.18. The second-order valence-corrected chi connectivity index (χ2v) is 5.65. The largest absolute Gasteiger partial charge is 0.376 e. The molecule has 0 radical (unpaired) electrons. The van der Waals surface area contributed by atoms with Crippen LogP contribution in [0.3, 0.4) is 0 Å². The SMILES string of the molecule is CC(NC(=O)NC1CCCCCC1)C1CCCO1. The first-order valence-corrected chi connectivity index (χ1v) is 7.44. The average Bonchev–Trinajstić information content (AvgIpc) is 2.76. The Hall–Kier alpha value is -0.770. The summed E-state index contributed by atoms with van der Waals surface area (Å²) in [6.07, 6.45) is 9.73. The lowest BCUT2D eigenvalue weighted by molar-refractivity contribution is 0.0858. The molecule has 4 nitrogen and oxygen atoms in total. The van der Waals surface area contributed by atoms with E-state index in [1.165, 1.54) is 25.7 Å². The summed E-state index contributed by atoms with van der Waals surface area (Å²) >= 11 is 0. The van der Waals surface area contributed by atoms with Crippen molar-refractivity contribution in [3.05, 3.63) is 0 Å². The van der Waals surface area contributed by atoms with Gasteiger partial charge < -0.3 is 15.4 Å². The van der Waals surface area contributed by atoms with E-state index in [1.54, 1.807) is 0 Å². The Balaban J connectivity index is 1.70. The third-order valence-corrected chi connectivity index (χ3v) is 4.07. The zero-order chi connectivity index (χ0) is 12.8. The van der Waals surface area contributed by atoms with Gasteiger partial charge in [0.05, 0.1) is 12.1 Å². The first-order chi connectivity index (χ1) is 8.75. The molecule has 104 valence electrons. The normalized spacial score (nSPS) is 27.5. The van der Waals surface area contributed by atoms with E-state index in [2.05, 4.69) is 10.6 Å². The van der Waals surface area contributed by atoms with E-state index in [1.807, 2.05) is 6.92 Å². The molecule has 0 aromatic carbocycles. The highest BCUT2D eigenvalue weighted by atomic mass is 16.5. The zero-order valence-corrected chi connectivity index (χ0v) is 11.4. The molecule has 1 saturated carbocycles.